The van der Waals surface area contributed by atoms with Gasteiger partial charge in [-0.15, -0.1) is 0 Å². The number of benzene rings is 1. The van der Waals surface area contributed by atoms with Crippen LogP contribution in [0.25, 0.3) is 5.57 Å². The van der Waals surface area contributed by atoms with Gasteiger partial charge in [-0.2, -0.15) is 5.26 Å². The van der Waals surface area contributed by atoms with Gasteiger partial charge in [0.2, 0.25) is 0 Å². The standard InChI is InChI=1S/C10H7NO2/c1-7(6-11)8-2-4-9(5-3-8)10(12)13/h2-5H,1H2,(H,12,13). The van der Waals surface area contributed by atoms with E-state index in [1.807, 2.05) is 6.07 Å². The van der Waals surface area contributed by atoms with Gasteiger partial charge in [0.25, 0.3) is 0 Å². The third-order valence-corrected chi connectivity index (χ3v) is 1.62. The molecule has 13 heavy (non-hydrogen) atoms. The number of carboxylic acid groups (broad SMARTS) is 1. The van der Waals surface area contributed by atoms with Crippen molar-refractivity contribution in [2.75, 3.05) is 0 Å². The van der Waals surface area contributed by atoms with Crippen molar-refractivity contribution in [3.05, 3.63) is 42.0 Å². The average Bonchev–Trinajstić information content (AvgIpc) is 2.17. The van der Waals surface area contributed by atoms with Crippen LogP contribution in [0.2, 0.25) is 0 Å². The monoisotopic (exact) mass is 173 g/mol. The fourth-order valence-electron chi connectivity index (χ4n) is 0.879. The van der Waals surface area contributed by atoms with Crippen molar-refractivity contribution in [1.29, 1.82) is 5.26 Å². The second-order valence-electron chi connectivity index (χ2n) is 2.47. The largest absolute Gasteiger partial charge is 0.478 e. The summed E-state index contributed by atoms with van der Waals surface area (Å²) in [7, 11) is 0. The van der Waals surface area contributed by atoms with Crippen LogP contribution >= 0.6 is 0 Å². The molecule has 1 aromatic rings. The average molecular weight is 173 g/mol. The first-order chi connectivity index (χ1) is 6.15. The first-order valence-corrected chi connectivity index (χ1v) is 3.58. The molecule has 0 fully saturated rings. The van der Waals surface area contributed by atoms with Crippen LogP contribution in [0.1, 0.15) is 15.9 Å². The molecule has 0 amide bonds. The van der Waals surface area contributed by atoms with Crippen molar-refractivity contribution in [2.45, 2.75) is 0 Å². The molecule has 0 spiro atoms. The van der Waals surface area contributed by atoms with E-state index in [0.717, 1.165) is 0 Å². The van der Waals surface area contributed by atoms with Crippen molar-refractivity contribution < 1.29 is 9.90 Å². The van der Waals surface area contributed by atoms with Gasteiger partial charge in [0.05, 0.1) is 17.2 Å². The highest BCUT2D eigenvalue weighted by Crippen LogP contribution is 2.12. The normalized spacial score (nSPS) is 8.85. The van der Waals surface area contributed by atoms with Gasteiger partial charge in [-0.3, -0.25) is 0 Å². The molecule has 0 radical (unpaired) electrons. The van der Waals surface area contributed by atoms with E-state index in [1.165, 1.54) is 12.1 Å². The van der Waals surface area contributed by atoms with Gasteiger partial charge < -0.3 is 5.11 Å². The molecule has 3 nitrogen and oxygen atoms in total. The van der Waals surface area contributed by atoms with Crippen LogP contribution in [0.3, 0.4) is 0 Å². The molecule has 0 aliphatic heterocycles. The number of hydrogen-bond donors (Lipinski definition) is 1. The Balaban J connectivity index is 3.02. The van der Waals surface area contributed by atoms with Gasteiger partial charge in [-0.25, -0.2) is 4.79 Å². The van der Waals surface area contributed by atoms with E-state index in [1.54, 1.807) is 12.1 Å². The third-order valence-electron chi connectivity index (χ3n) is 1.62. The number of hydrogen-bond acceptors (Lipinski definition) is 2. The van der Waals surface area contributed by atoms with Gasteiger partial charge in [-0.05, 0) is 17.7 Å². The fraction of sp³-hybridized carbons (Fsp3) is 0. The van der Waals surface area contributed by atoms with Crippen LogP contribution in [0.15, 0.2) is 30.8 Å². The Morgan fingerprint density at radius 3 is 2.15 bits per heavy atom. The van der Waals surface area contributed by atoms with E-state index in [9.17, 15) is 4.79 Å². The van der Waals surface area contributed by atoms with E-state index in [0.29, 0.717) is 11.1 Å². The fourth-order valence-corrected chi connectivity index (χ4v) is 0.879. The molecule has 1 N–H and O–H groups in total. The quantitative estimate of drug-likeness (QED) is 0.695. The zero-order valence-corrected chi connectivity index (χ0v) is 6.82. The predicted molar refractivity (Wildman–Crippen MR) is 48.0 cm³/mol. The lowest BCUT2D eigenvalue weighted by atomic mass is 10.1. The molecule has 1 aromatic carbocycles. The van der Waals surface area contributed by atoms with Gasteiger partial charge in [0, 0.05) is 0 Å². The lowest BCUT2D eigenvalue weighted by Crippen LogP contribution is -1.95. The number of carbonyl (C=O) groups is 1. The van der Waals surface area contributed by atoms with Gasteiger partial charge in [0.15, 0.2) is 0 Å². The first-order valence-electron chi connectivity index (χ1n) is 3.58. The number of aromatic carboxylic acids is 1. The summed E-state index contributed by atoms with van der Waals surface area (Å²) < 4.78 is 0. The SMILES string of the molecule is C=C(C#N)c1ccc(C(=O)O)cc1. The van der Waals surface area contributed by atoms with Crippen molar-refractivity contribution in [3.63, 3.8) is 0 Å². The van der Waals surface area contributed by atoms with E-state index in [4.69, 9.17) is 10.4 Å². The molecule has 0 heterocycles. The zero-order valence-electron chi connectivity index (χ0n) is 6.82. The second-order valence-corrected chi connectivity index (χ2v) is 2.47. The maximum absolute atomic E-state index is 10.5. The topological polar surface area (TPSA) is 61.1 Å². The summed E-state index contributed by atoms with van der Waals surface area (Å²) in [6.45, 7) is 3.51. The molecular weight excluding hydrogens is 166 g/mol. The van der Waals surface area contributed by atoms with Crippen LogP contribution in [0, 0.1) is 11.3 Å². The Morgan fingerprint density at radius 1 is 1.31 bits per heavy atom. The number of nitrogens with zero attached hydrogens (tertiary/aromatic N) is 1. The predicted octanol–water partition coefficient (Wildman–Crippen LogP) is 1.92. The summed E-state index contributed by atoms with van der Waals surface area (Å²) in [6.07, 6.45) is 0. The maximum Gasteiger partial charge on any atom is 0.335 e. The summed E-state index contributed by atoms with van der Waals surface area (Å²) in [6, 6.07) is 7.91. The summed E-state index contributed by atoms with van der Waals surface area (Å²) in [5, 5.41) is 17.1. The van der Waals surface area contributed by atoms with Gasteiger partial charge in [-0.1, -0.05) is 18.7 Å². The highest BCUT2D eigenvalue weighted by atomic mass is 16.4. The van der Waals surface area contributed by atoms with Crippen LogP contribution < -0.4 is 0 Å². The molecule has 0 aliphatic rings. The smallest absolute Gasteiger partial charge is 0.335 e. The molecule has 0 aromatic heterocycles. The summed E-state index contributed by atoms with van der Waals surface area (Å²) in [5.41, 5.74) is 1.18. The van der Waals surface area contributed by atoms with Crippen LogP contribution in [-0.4, -0.2) is 11.1 Å². The second kappa shape index (κ2) is 3.55. The minimum absolute atomic E-state index is 0.203. The van der Waals surface area contributed by atoms with E-state index < -0.39 is 5.97 Å². The number of rotatable bonds is 2. The molecule has 0 atom stereocenters. The third kappa shape index (κ3) is 1.94. The number of nitriles is 1. The molecular formula is C10H7NO2. The highest BCUT2D eigenvalue weighted by Gasteiger charge is 2.02. The van der Waals surface area contributed by atoms with Crippen molar-refractivity contribution in [1.82, 2.24) is 0 Å². The van der Waals surface area contributed by atoms with Crippen LogP contribution in [0.5, 0.6) is 0 Å². The lowest BCUT2D eigenvalue weighted by Gasteiger charge is -1.97. The van der Waals surface area contributed by atoms with E-state index in [2.05, 4.69) is 6.58 Å². The Hall–Kier alpha value is -2.08. The Kier molecular flexibility index (Phi) is 2.46. The zero-order chi connectivity index (χ0) is 9.84. The lowest BCUT2D eigenvalue weighted by molar-refractivity contribution is 0.0697. The van der Waals surface area contributed by atoms with Crippen LogP contribution in [0.4, 0.5) is 0 Å². The maximum atomic E-state index is 10.5. The minimum Gasteiger partial charge on any atom is -0.478 e. The van der Waals surface area contributed by atoms with Crippen LogP contribution in [-0.2, 0) is 0 Å². The van der Waals surface area contributed by atoms with E-state index in [-0.39, 0.29) is 5.56 Å². The minimum atomic E-state index is -0.978. The molecule has 0 aliphatic carbocycles. The molecule has 1 rings (SSSR count). The summed E-state index contributed by atoms with van der Waals surface area (Å²) in [5.74, 6) is -0.978. The molecule has 0 saturated heterocycles. The van der Waals surface area contributed by atoms with Crippen molar-refractivity contribution >= 4 is 11.5 Å². The van der Waals surface area contributed by atoms with Crippen molar-refractivity contribution in [3.8, 4) is 6.07 Å². The Bertz CT molecular complexity index is 384. The van der Waals surface area contributed by atoms with Crippen molar-refractivity contribution in [2.24, 2.45) is 0 Å². The highest BCUT2D eigenvalue weighted by molar-refractivity contribution is 5.88. The number of carboxylic acids is 1. The molecule has 0 saturated carbocycles. The molecule has 0 unspecified atom stereocenters. The van der Waals surface area contributed by atoms with E-state index >= 15 is 0 Å². The summed E-state index contributed by atoms with van der Waals surface area (Å²) >= 11 is 0. The van der Waals surface area contributed by atoms with Gasteiger partial charge in [0.1, 0.15) is 0 Å². The van der Waals surface area contributed by atoms with Gasteiger partial charge >= 0.3 is 5.97 Å². The first kappa shape index (κ1) is 9.01. The molecule has 64 valence electrons. The number of allylic oxidation sites excluding steroid dienone is 1. The molecule has 0 bridgehead atoms. The molecule has 3 heteroatoms. The summed E-state index contributed by atoms with van der Waals surface area (Å²) in [4.78, 5) is 10.5. The Morgan fingerprint density at radius 2 is 1.77 bits per heavy atom. The Labute approximate surface area is 75.5 Å².